The number of amides is 1. The molecule has 92 valence electrons. The van der Waals surface area contributed by atoms with E-state index in [9.17, 15) is 9.59 Å². The van der Waals surface area contributed by atoms with E-state index in [1.165, 1.54) is 12.8 Å². The van der Waals surface area contributed by atoms with E-state index in [-0.39, 0.29) is 12.5 Å². The Morgan fingerprint density at radius 2 is 2.12 bits per heavy atom. The molecule has 5 heteroatoms. The lowest BCUT2D eigenvalue weighted by atomic mass is 10.2. The van der Waals surface area contributed by atoms with Gasteiger partial charge >= 0.3 is 5.97 Å². The molecule has 0 aromatic carbocycles. The van der Waals surface area contributed by atoms with Crippen molar-refractivity contribution in [3.63, 3.8) is 0 Å². The third-order valence-corrected chi connectivity index (χ3v) is 2.71. The molecule has 0 radical (unpaired) electrons. The average Bonchev–Trinajstić information content (AvgIpc) is 2.97. The highest BCUT2D eigenvalue weighted by molar-refractivity contribution is 5.78. The van der Waals surface area contributed by atoms with E-state index < -0.39 is 11.9 Å². The maximum absolute atomic E-state index is 11.4. The first-order valence-corrected chi connectivity index (χ1v) is 5.67. The van der Waals surface area contributed by atoms with Crippen LogP contribution in [-0.4, -0.2) is 48.6 Å². The number of hydrogen-bond donors (Lipinski definition) is 2. The van der Waals surface area contributed by atoms with E-state index in [1.54, 1.807) is 18.9 Å². The molecule has 0 saturated heterocycles. The van der Waals surface area contributed by atoms with E-state index in [4.69, 9.17) is 5.11 Å². The maximum atomic E-state index is 11.4. The number of nitrogens with zero attached hydrogens (tertiary/aromatic N) is 1. The maximum Gasteiger partial charge on any atom is 0.307 e. The summed E-state index contributed by atoms with van der Waals surface area (Å²) >= 11 is 0. The van der Waals surface area contributed by atoms with Gasteiger partial charge in [-0.15, -0.1) is 0 Å². The van der Waals surface area contributed by atoms with Crippen molar-refractivity contribution >= 4 is 11.9 Å². The smallest absolute Gasteiger partial charge is 0.307 e. The van der Waals surface area contributed by atoms with E-state index in [0.29, 0.717) is 12.5 Å². The third-order valence-electron chi connectivity index (χ3n) is 2.71. The Morgan fingerprint density at radius 3 is 2.62 bits per heavy atom. The summed E-state index contributed by atoms with van der Waals surface area (Å²) in [6.45, 7) is 3.07. The Balaban J connectivity index is 2.13. The van der Waals surface area contributed by atoms with Crippen molar-refractivity contribution in [3.8, 4) is 0 Å². The van der Waals surface area contributed by atoms with Crippen LogP contribution in [0.15, 0.2) is 0 Å². The highest BCUT2D eigenvalue weighted by atomic mass is 16.4. The molecule has 1 rings (SSSR count). The molecule has 0 aliphatic heterocycles. The summed E-state index contributed by atoms with van der Waals surface area (Å²) in [6.07, 6.45) is 2.43. The molecule has 1 atom stereocenters. The Morgan fingerprint density at radius 1 is 1.50 bits per heavy atom. The summed E-state index contributed by atoms with van der Waals surface area (Å²) in [5, 5.41) is 11.6. The molecule has 0 aromatic rings. The third kappa shape index (κ3) is 5.11. The number of carboxylic acid groups (broad SMARTS) is 1. The van der Waals surface area contributed by atoms with Crippen LogP contribution >= 0.6 is 0 Å². The van der Waals surface area contributed by atoms with Gasteiger partial charge in [-0.2, -0.15) is 0 Å². The van der Waals surface area contributed by atoms with Crippen molar-refractivity contribution in [1.82, 2.24) is 10.2 Å². The lowest BCUT2D eigenvalue weighted by Gasteiger charge is -2.18. The van der Waals surface area contributed by atoms with Gasteiger partial charge in [-0.1, -0.05) is 6.92 Å². The lowest BCUT2D eigenvalue weighted by molar-refractivity contribution is -0.142. The predicted molar refractivity (Wildman–Crippen MR) is 60.0 cm³/mol. The quantitative estimate of drug-likeness (QED) is 0.651. The summed E-state index contributed by atoms with van der Waals surface area (Å²) in [7, 11) is 1.76. The summed E-state index contributed by atoms with van der Waals surface area (Å²) < 4.78 is 0. The second-order valence-electron chi connectivity index (χ2n) is 4.68. The van der Waals surface area contributed by atoms with E-state index >= 15 is 0 Å². The number of nitrogens with one attached hydrogen (secondary N) is 1. The highest BCUT2D eigenvalue weighted by Gasteiger charge is 2.22. The van der Waals surface area contributed by atoms with E-state index in [2.05, 4.69) is 5.32 Å². The van der Waals surface area contributed by atoms with Crippen molar-refractivity contribution in [1.29, 1.82) is 0 Å². The largest absolute Gasteiger partial charge is 0.481 e. The van der Waals surface area contributed by atoms with Crippen molar-refractivity contribution in [2.75, 3.05) is 26.7 Å². The minimum Gasteiger partial charge on any atom is -0.481 e. The SMILES string of the molecule is CC(CN(C)CC(=O)NCC1CC1)C(=O)O. The Labute approximate surface area is 95.8 Å². The number of carbonyl (C=O) groups excluding carboxylic acids is 1. The molecule has 16 heavy (non-hydrogen) atoms. The second-order valence-corrected chi connectivity index (χ2v) is 4.68. The van der Waals surface area contributed by atoms with Gasteiger partial charge in [0.05, 0.1) is 12.5 Å². The molecule has 0 heterocycles. The van der Waals surface area contributed by atoms with Crippen molar-refractivity contribution < 1.29 is 14.7 Å². The van der Waals surface area contributed by atoms with Gasteiger partial charge in [0, 0.05) is 13.1 Å². The standard InChI is InChI=1S/C11H20N2O3/c1-8(11(15)16)6-13(2)7-10(14)12-5-9-3-4-9/h8-9H,3-7H2,1-2H3,(H,12,14)(H,15,16). The fourth-order valence-electron chi connectivity index (χ4n) is 1.49. The molecule has 1 aliphatic rings. The number of aliphatic carboxylic acids is 1. The highest BCUT2D eigenvalue weighted by Crippen LogP contribution is 2.27. The molecule has 1 unspecified atom stereocenters. The van der Waals surface area contributed by atoms with Crippen LogP contribution in [0.1, 0.15) is 19.8 Å². The van der Waals surface area contributed by atoms with Crippen LogP contribution in [0.3, 0.4) is 0 Å². The minimum absolute atomic E-state index is 0.0213. The molecule has 5 nitrogen and oxygen atoms in total. The molecule has 2 N–H and O–H groups in total. The number of likely N-dealkylation sites (N-methyl/N-ethyl adjacent to an activating group) is 1. The molecule has 0 aromatic heterocycles. The van der Waals surface area contributed by atoms with Crippen LogP contribution in [-0.2, 0) is 9.59 Å². The van der Waals surface area contributed by atoms with E-state index in [1.807, 2.05) is 0 Å². The summed E-state index contributed by atoms with van der Waals surface area (Å²) in [4.78, 5) is 23.8. The topological polar surface area (TPSA) is 69.6 Å². The summed E-state index contributed by atoms with van der Waals surface area (Å²) in [6, 6.07) is 0. The fraction of sp³-hybridized carbons (Fsp3) is 0.818. The predicted octanol–water partition coefficient (Wildman–Crippen LogP) is 0.165. The fourth-order valence-corrected chi connectivity index (χ4v) is 1.49. The first-order chi connectivity index (χ1) is 7.49. The molecule has 1 saturated carbocycles. The van der Waals surface area contributed by atoms with Crippen molar-refractivity contribution in [3.05, 3.63) is 0 Å². The minimum atomic E-state index is -0.828. The second kappa shape index (κ2) is 5.84. The Hall–Kier alpha value is -1.10. The number of carbonyl (C=O) groups is 2. The van der Waals surface area contributed by atoms with Crippen LogP contribution < -0.4 is 5.32 Å². The van der Waals surface area contributed by atoms with Gasteiger partial charge in [-0.3, -0.25) is 14.5 Å². The monoisotopic (exact) mass is 228 g/mol. The van der Waals surface area contributed by atoms with Crippen molar-refractivity contribution in [2.24, 2.45) is 11.8 Å². The van der Waals surface area contributed by atoms with Crippen LogP contribution in [0.25, 0.3) is 0 Å². The Kier molecular flexibility index (Phi) is 4.73. The van der Waals surface area contributed by atoms with Gasteiger partial charge in [0.15, 0.2) is 0 Å². The summed E-state index contributed by atoms with van der Waals surface area (Å²) in [5.41, 5.74) is 0. The van der Waals surface area contributed by atoms with Gasteiger partial charge in [0.2, 0.25) is 5.91 Å². The first kappa shape index (κ1) is 13.0. The van der Waals surface area contributed by atoms with Gasteiger partial charge < -0.3 is 10.4 Å². The molecular formula is C11H20N2O3. The molecule has 0 bridgehead atoms. The molecule has 1 amide bonds. The average molecular weight is 228 g/mol. The van der Waals surface area contributed by atoms with Crippen LogP contribution in [0.4, 0.5) is 0 Å². The number of carboxylic acids is 1. The molecular weight excluding hydrogens is 208 g/mol. The van der Waals surface area contributed by atoms with Crippen LogP contribution in [0.5, 0.6) is 0 Å². The Bertz CT molecular complexity index is 264. The lowest BCUT2D eigenvalue weighted by Crippen LogP contribution is -2.38. The first-order valence-electron chi connectivity index (χ1n) is 5.67. The molecule has 1 aliphatic carbocycles. The van der Waals surface area contributed by atoms with Gasteiger partial charge in [0.1, 0.15) is 0 Å². The zero-order valence-corrected chi connectivity index (χ0v) is 9.90. The number of hydrogen-bond acceptors (Lipinski definition) is 3. The zero-order chi connectivity index (χ0) is 12.1. The molecule has 0 spiro atoms. The molecule has 1 fully saturated rings. The normalized spacial score (nSPS) is 17.2. The van der Waals surface area contributed by atoms with Crippen LogP contribution in [0, 0.1) is 11.8 Å². The van der Waals surface area contributed by atoms with Crippen LogP contribution in [0.2, 0.25) is 0 Å². The summed E-state index contributed by atoms with van der Waals surface area (Å²) in [5.74, 6) is -0.620. The van der Waals surface area contributed by atoms with E-state index in [0.717, 1.165) is 6.54 Å². The van der Waals surface area contributed by atoms with Gasteiger partial charge in [-0.05, 0) is 25.8 Å². The number of rotatable bonds is 7. The van der Waals surface area contributed by atoms with Gasteiger partial charge in [0.25, 0.3) is 0 Å². The van der Waals surface area contributed by atoms with Gasteiger partial charge in [-0.25, -0.2) is 0 Å². The van der Waals surface area contributed by atoms with Crippen molar-refractivity contribution in [2.45, 2.75) is 19.8 Å². The zero-order valence-electron chi connectivity index (χ0n) is 9.90.